The molecule has 0 bridgehead atoms. The molecule has 0 spiro atoms. The molecule has 7 aromatic carbocycles. The molecular formula is C105H142O36. The minimum atomic E-state index is -1.44. The lowest BCUT2D eigenvalue weighted by Crippen LogP contribution is -2.69. The first-order chi connectivity index (χ1) is 69.1. The molecule has 36 nitrogen and oxygen atoms in total. The van der Waals surface area contributed by atoms with Crippen molar-refractivity contribution in [1.29, 1.82) is 0 Å². The Kier molecular flexibility index (Phi) is 44.3. The van der Waals surface area contributed by atoms with Gasteiger partial charge in [-0.15, -0.1) is 0 Å². The van der Waals surface area contributed by atoms with Crippen molar-refractivity contribution in [2.24, 2.45) is 0 Å². The second kappa shape index (κ2) is 56.9. The van der Waals surface area contributed by atoms with Gasteiger partial charge in [0.05, 0.1) is 92.5 Å². The first-order valence-electron chi connectivity index (χ1n) is 47.7. The summed E-state index contributed by atoms with van der Waals surface area (Å²) in [4.78, 5) is 0. The number of hydrogen-bond donors (Lipinski definition) is 2. The van der Waals surface area contributed by atoms with Crippen molar-refractivity contribution in [3.05, 3.63) is 251 Å². The van der Waals surface area contributed by atoms with Gasteiger partial charge in [-0.25, -0.2) is 0 Å². The van der Waals surface area contributed by atoms with E-state index in [0.29, 0.717) is 0 Å². The summed E-state index contributed by atoms with van der Waals surface area (Å²) in [5.41, 5.74) is 5.84. The maximum Gasteiger partial charge on any atom is 0.187 e. The zero-order chi connectivity index (χ0) is 98.9. The van der Waals surface area contributed by atoms with Gasteiger partial charge in [-0.05, 0) is 38.9 Å². The molecule has 7 fully saturated rings. The van der Waals surface area contributed by atoms with E-state index < -0.39 is 215 Å². The van der Waals surface area contributed by atoms with Gasteiger partial charge >= 0.3 is 0 Å². The lowest BCUT2D eigenvalue weighted by atomic mass is 9.94. The van der Waals surface area contributed by atoms with Crippen LogP contribution < -0.4 is 0 Å². The number of ether oxygens (including phenoxy) is 34. The standard InChI is InChI=1S/C105H142O36/c1-108-57-71-78(106)85(122-50-64-36-22-15-23-37-64)93(116-9)100(130-71)137-80-73(59-110-3)132-102(95(118-11)87(80)124-52-66-40-26-17-27-41-66)139-82-75(61-112-5)134-104(97(120-13)89(82)126-54-68-44-30-19-31-45-68)141-84-77(63-114-7)135-105(98(121-14)91(84)128-56-70-48-34-21-35-49-70)140-83-76(62-113-6)133-103(96(119-12)90(83)127-55-69-46-32-20-33-47-69)138-81-74(60-111-4)131-101(94(117-10)88(81)125-53-67-42-28-18-29-43-67)136-79-72(58-109-2)129-99(107)92(115-8)86(79)123-51-65-38-24-16-25-39-65/h15-49,71-107H,50-63H2,1-14H3/t71-,72-,73-,74-,75-,76-,77-,78-,79-,80-,81-,82-,83-,84-,85+,86+,87+,88+,89+,90+,91+,92-,93-,94-,95-,96-,97-,98-,99?,100-,101-,102-,103-,104-,105-/m1/s1. The van der Waals surface area contributed by atoms with Crippen LogP contribution in [0.25, 0.3) is 0 Å². The Morgan fingerprint density at radius 1 is 0.177 bits per heavy atom. The highest BCUT2D eigenvalue weighted by Gasteiger charge is 2.62. The van der Waals surface area contributed by atoms with E-state index in [1.807, 2.05) is 212 Å². The van der Waals surface area contributed by atoms with Crippen LogP contribution in [0.4, 0.5) is 0 Å². The van der Waals surface area contributed by atoms with Crippen molar-refractivity contribution in [3.8, 4) is 0 Å². The molecular weight excluding hydrogens is 1840 g/mol. The Morgan fingerprint density at radius 2 is 0.333 bits per heavy atom. The van der Waals surface area contributed by atoms with Gasteiger partial charge in [0.25, 0.3) is 0 Å². The summed E-state index contributed by atoms with van der Waals surface area (Å²) in [5, 5.41) is 23.6. The van der Waals surface area contributed by atoms with Gasteiger partial charge in [0, 0.05) is 99.5 Å². The van der Waals surface area contributed by atoms with Gasteiger partial charge in [-0.2, -0.15) is 0 Å². The zero-order valence-corrected chi connectivity index (χ0v) is 82.6. The van der Waals surface area contributed by atoms with Gasteiger partial charge < -0.3 is 171 Å². The molecule has 0 amide bonds. The Labute approximate surface area is 825 Å². The normalized spacial score (nSPS) is 34.7. The number of methoxy groups -OCH3 is 14. The summed E-state index contributed by atoms with van der Waals surface area (Å²) >= 11 is 0. The minimum absolute atomic E-state index is 0.0234. The van der Waals surface area contributed by atoms with E-state index in [1.54, 1.807) is 35.5 Å². The molecule has 0 radical (unpaired) electrons. The van der Waals surface area contributed by atoms with Crippen LogP contribution in [-0.4, -0.2) is 371 Å². The lowest BCUT2D eigenvalue weighted by molar-refractivity contribution is -0.407. The molecule has 0 saturated carbocycles. The molecule has 36 heteroatoms. The van der Waals surface area contributed by atoms with E-state index in [1.165, 1.54) is 64.0 Å². The van der Waals surface area contributed by atoms with Crippen molar-refractivity contribution in [2.45, 2.75) is 261 Å². The third-order valence-electron chi connectivity index (χ3n) is 26.1. The molecule has 0 aromatic heterocycles. The van der Waals surface area contributed by atoms with Gasteiger partial charge in [0.15, 0.2) is 44.0 Å². The first-order valence-corrected chi connectivity index (χ1v) is 47.7. The molecule has 35 atom stereocenters. The first kappa shape index (κ1) is 110. The van der Waals surface area contributed by atoms with Gasteiger partial charge in [0.2, 0.25) is 0 Å². The van der Waals surface area contributed by atoms with Gasteiger partial charge in [0.1, 0.15) is 171 Å². The average Bonchev–Trinajstić information content (AvgIpc) is 0.788. The van der Waals surface area contributed by atoms with Crippen LogP contribution in [0, 0.1) is 0 Å². The van der Waals surface area contributed by atoms with Crippen molar-refractivity contribution in [2.75, 3.05) is 146 Å². The predicted molar refractivity (Wildman–Crippen MR) is 502 cm³/mol. The number of aliphatic hydroxyl groups excluding tert-OH is 2. The monoisotopic (exact) mass is 1980 g/mol. The molecule has 0 aliphatic carbocycles. The molecule has 7 aromatic rings. The minimum Gasteiger partial charge on any atom is -0.387 e. The van der Waals surface area contributed by atoms with Crippen LogP contribution >= 0.6 is 0 Å². The van der Waals surface area contributed by atoms with Crippen LogP contribution in [0.1, 0.15) is 38.9 Å². The summed E-state index contributed by atoms with van der Waals surface area (Å²) in [6, 6.07) is 67.4. The van der Waals surface area contributed by atoms with Crippen LogP contribution in [0.3, 0.4) is 0 Å². The third-order valence-corrected chi connectivity index (χ3v) is 26.1. The fourth-order valence-corrected chi connectivity index (χ4v) is 19.3. The summed E-state index contributed by atoms with van der Waals surface area (Å²) in [5.74, 6) is 0. The average molecular weight is 1980 g/mol. The van der Waals surface area contributed by atoms with Crippen LogP contribution in [0.5, 0.6) is 0 Å². The van der Waals surface area contributed by atoms with E-state index in [2.05, 4.69) is 0 Å². The van der Waals surface area contributed by atoms with Crippen molar-refractivity contribution in [3.63, 3.8) is 0 Å². The van der Waals surface area contributed by atoms with Gasteiger partial charge in [-0.1, -0.05) is 212 Å². The van der Waals surface area contributed by atoms with E-state index in [4.69, 9.17) is 161 Å². The second-order valence-electron chi connectivity index (χ2n) is 35.3. The topological polar surface area (TPSA) is 354 Å². The Morgan fingerprint density at radius 3 is 0.518 bits per heavy atom. The number of hydrogen-bond acceptors (Lipinski definition) is 36. The van der Waals surface area contributed by atoms with Crippen molar-refractivity contribution in [1.82, 2.24) is 0 Å². The molecule has 1 unspecified atom stereocenters. The van der Waals surface area contributed by atoms with E-state index >= 15 is 0 Å². The fraction of sp³-hybridized carbons (Fsp3) is 0.600. The SMILES string of the molecule is COC[C@H]1O[C@H](O[C@H]2[C@H](OCc3ccccc3)[C@@H](OC)[C@@H](O[C@H]3[C@H](OCc4ccccc4)[C@@H](OC)[C@@H](O[C@H]4[C@H](OCc5ccccc5)[C@@H](OC)[C@@H](O[C@H]5[C@H](OCc6ccccc6)[C@@H](OC)[C@@H](O[C@H]6[C@H](OCc7ccccc7)[C@@H](OC)[C@@H](O[C@H]7[C@H](OCc8ccccc8)[C@@H](OC)C(O)O[C@@H]7COC)O[C@@H]6COC)O[C@@H]5COC)O[C@@H]4COC)O[C@@H]3COC)O[C@@H]2COC)[C@H](OC)[C@@H](OCc2ccccc2)[C@@H]1O. The number of benzene rings is 7. The molecule has 7 aliphatic rings. The highest BCUT2D eigenvalue weighted by atomic mass is 16.8. The smallest absolute Gasteiger partial charge is 0.187 e. The predicted octanol–water partition coefficient (Wildman–Crippen LogP) is 8.45. The molecule has 778 valence electrons. The molecule has 7 heterocycles. The van der Waals surface area contributed by atoms with Crippen LogP contribution in [0.2, 0.25) is 0 Å². The molecule has 2 N–H and O–H groups in total. The molecule has 14 rings (SSSR count). The van der Waals surface area contributed by atoms with Crippen molar-refractivity contribution >= 4 is 0 Å². The highest BCUT2D eigenvalue weighted by molar-refractivity contribution is 5.20. The maximum absolute atomic E-state index is 12.0. The molecule has 7 saturated heterocycles. The Hall–Kier alpha value is -6.90. The summed E-state index contributed by atoms with van der Waals surface area (Å²) in [6.45, 7) is -0.0955. The van der Waals surface area contributed by atoms with Gasteiger partial charge in [-0.3, -0.25) is 0 Å². The second-order valence-corrected chi connectivity index (χ2v) is 35.3. The van der Waals surface area contributed by atoms with E-state index in [0.717, 1.165) is 38.9 Å². The summed E-state index contributed by atoms with van der Waals surface area (Å²) < 4.78 is 230. The molecule has 7 aliphatic heterocycles. The molecule has 141 heavy (non-hydrogen) atoms. The largest absolute Gasteiger partial charge is 0.387 e. The highest BCUT2D eigenvalue weighted by Crippen LogP contribution is 2.44. The Bertz CT molecular complexity index is 4550. The summed E-state index contributed by atoms with van der Waals surface area (Å²) in [6.07, 6.45) is -39.7. The maximum atomic E-state index is 12.0. The van der Waals surface area contributed by atoms with E-state index in [-0.39, 0.29) is 92.5 Å². The fourth-order valence-electron chi connectivity index (χ4n) is 19.3. The number of aliphatic hydroxyl groups is 2. The Balaban J connectivity index is 0.781. The number of rotatable bonds is 54. The van der Waals surface area contributed by atoms with Crippen molar-refractivity contribution < 1.29 is 171 Å². The summed E-state index contributed by atoms with van der Waals surface area (Å²) in [7, 11) is 21.3. The van der Waals surface area contributed by atoms with Crippen LogP contribution in [-0.2, 0) is 207 Å². The third kappa shape index (κ3) is 28.5. The van der Waals surface area contributed by atoms with Crippen LogP contribution in [0.15, 0.2) is 212 Å². The van der Waals surface area contributed by atoms with E-state index in [9.17, 15) is 10.2 Å². The quantitative estimate of drug-likeness (QED) is 0.0361. The zero-order valence-electron chi connectivity index (χ0n) is 82.6. The lowest BCUT2D eigenvalue weighted by Gasteiger charge is -2.53.